The lowest BCUT2D eigenvalue weighted by atomic mass is 10.0. The van der Waals surface area contributed by atoms with E-state index in [9.17, 15) is 9.59 Å². The summed E-state index contributed by atoms with van der Waals surface area (Å²) in [6.45, 7) is 7.87. The summed E-state index contributed by atoms with van der Waals surface area (Å²) in [6.07, 6.45) is 53.5. The van der Waals surface area contributed by atoms with Crippen molar-refractivity contribution in [1.29, 1.82) is 0 Å². The zero-order valence-corrected chi connectivity index (χ0v) is 38.2. The van der Waals surface area contributed by atoms with Gasteiger partial charge < -0.3 is 14.2 Å². The molecule has 0 saturated carbocycles. The molecule has 0 aliphatic carbocycles. The van der Waals surface area contributed by atoms with Gasteiger partial charge in [0.2, 0.25) is 0 Å². The van der Waals surface area contributed by atoms with Gasteiger partial charge in [-0.1, -0.05) is 232 Å². The van der Waals surface area contributed by atoms with Crippen molar-refractivity contribution in [2.24, 2.45) is 0 Å². The number of allylic oxidation sites excluding steroid dienone is 2. The van der Waals surface area contributed by atoms with E-state index in [2.05, 4.69) is 32.9 Å². The van der Waals surface area contributed by atoms with Gasteiger partial charge >= 0.3 is 11.9 Å². The molecule has 0 spiro atoms. The standard InChI is InChI=1S/C51H98O5/c1-4-7-10-13-16-19-22-25-26-28-29-32-35-38-41-44-50(52)55-48-49(47-54-46-43-40-37-34-31-24-21-18-15-12-9-6-3)56-51(53)45-42-39-36-33-30-27-23-20-17-14-11-8-5-2/h25-26,49H,4-24,27-48H2,1-3H3/b26-25-/t49-/m1/s1. The van der Waals surface area contributed by atoms with Crippen LogP contribution >= 0.6 is 0 Å². The lowest BCUT2D eigenvalue weighted by molar-refractivity contribution is -0.163. The number of unbranched alkanes of at least 4 members (excludes halogenated alkanes) is 34. The highest BCUT2D eigenvalue weighted by molar-refractivity contribution is 5.70. The van der Waals surface area contributed by atoms with Crippen LogP contribution < -0.4 is 0 Å². The summed E-state index contributed by atoms with van der Waals surface area (Å²) in [5.74, 6) is -0.388. The fraction of sp³-hybridized carbons (Fsp3) is 0.922. The lowest BCUT2D eigenvalue weighted by Crippen LogP contribution is -2.30. The van der Waals surface area contributed by atoms with Crippen LogP contribution in [0.2, 0.25) is 0 Å². The predicted octanol–water partition coefficient (Wildman–Crippen LogP) is 16.7. The van der Waals surface area contributed by atoms with Crippen LogP contribution in [0.5, 0.6) is 0 Å². The van der Waals surface area contributed by atoms with Gasteiger partial charge in [-0.15, -0.1) is 0 Å². The van der Waals surface area contributed by atoms with E-state index in [1.54, 1.807) is 0 Å². The Bertz CT molecular complexity index is 810. The summed E-state index contributed by atoms with van der Waals surface area (Å²) in [4.78, 5) is 25.3. The van der Waals surface area contributed by atoms with E-state index in [4.69, 9.17) is 14.2 Å². The average Bonchev–Trinajstić information content (AvgIpc) is 3.20. The van der Waals surface area contributed by atoms with Crippen molar-refractivity contribution in [3.63, 3.8) is 0 Å². The maximum absolute atomic E-state index is 12.8. The SMILES string of the molecule is CCCCCCCC/C=C\CCCCCCCC(=O)OC[C@@H](COCCCCCCCCCCCCCC)OC(=O)CCCCCCCCCCCCCCC. The summed E-state index contributed by atoms with van der Waals surface area (Å²) in [6, 6.07) is 0. The smallest absolute Gasteiger partial charge is 0.306 e. The molecule has 332 valence electrons. The van der Waals surface area contributed by atoms with Crippen LogP contribution in [0.15, 0.2) is 12.2 Å². The molecule has 0 radical (unpaired) electrons. The van der Waals surface area contributed by atoms with Crippen LogP contribution in [0.3, 0.4) is 0 Å². The molecule has 0 aliphatic heterocycles. The number of carbonyl (C=O) groups is 2. The Morgan fingerprint density at radius 3 is 1.09 bits per heavy atom. The van der Waals surface area contributed by atoms with Gasteiger partial charge in [-0.3, -0.25) is 9.59 Å². The first-order valence-corrected chi connectivity index (χ1v) is 25.2. The Kier molecular flexibility index (Phi) is 46.8. The molecule has 0 bridgehead atoms. The number of esters is 2. The molecule has 1 atom stereocenters. The van der Waals surface area contributed by atoms with Crippen molar-refractivity contribution in [1.82, 2.24) is 0 Å². The second kappa shape index (κ2) is 48.0. The molecule has 0 amide bonds. The normalized spacial score (nSPS) is 12.1. The fourth-order valence-corrected chi connectivity index (χ4v) is 7.51. The summed E-state index contributed by atoms with van der Waals surface area (Å²) in [5.41, 5.74) is 0. The van der Waals surface area contributed by atoms with Gasteiger partial charge in [-0.2, -0.15) is 0 Å². The van der Waals surface area contributed by atoms with Gasteiger partial charge in [0.15, 0.2) is 6.10 Å². The zero-order valence-electron chi connectivity index (χ0n) is 38.2. The molecular weight excluding hydrogens is 693 g/mol. The van der Waals surface area contributed by atoms with Crippen LogP contribution in [0.4, 0.5) is 0 Å². The summed E-state index contributed by atoms with van der Waals surface area (Å²) >= 11 is 0. The van der Waals surface area contributed by atoms with Crippen molar-refractivity contribution in [3.8, 4) is 0 Å². The third-order valence-corrected chi connectivity index (χ3v) is 11.3. The van der Waals surface area contributed by atoms with Crippen LogP contribution in [-0.4, -0.2) is 37.9 Å². The zero-order chi connectivity index (χ0) is 40.7. The van der Waals surface area contributed by atoms with Crippen molar-refractivity contribution in [2.45, 2.75) is 284 Å². The average molecular weight is 791 g/mol. The first-order chi connectivity index (χ1) is 27.6. The molecule has 0 unspecified atom stereocenters. The first kappa shape index (κ1) is 54.6. The molecule has 0 fully saturated rings. The van der Waals surface area contributed by atoms with Crippen LogP contribution in [0, 0.1) is 0 Å². The van der Waals surface area contributed by atoms with Crippen LogP contribution in [-0.2, 0) is 23.8 Å². The number of ether oxygens (including phenoxy) is 3. The molecule has 0 aromatic heterocycles. The van der Waals surface area contributed by atoms with Crippen molar-refractivity contribution < 1.29 is 23.8 Å². The molecule has 5 heteroatoms. The third-order valence-electron chi connectivity index (χ3n) is 11.3. The van der Waals surface area contributed by atoms with Crippen molar-refractivity contribution in [3.05, 3.63) is 12.2 Å². The summed E-state index contributed by atoms with van der Waals surface area (Å²) < 4.78 is 17.4. The maximum Gasteiger partial charge on any atom is 0.306 e. The molecule has 0 aromatic carbocycles. The Hall–Kier alpha value is -1.36. The van der Waals surface area contributed by atoms with Gasteiger partial charge in [-0.25, -0.2) is 0 Å². The van der Waals surface area contributed by atoms with Gasteiger partial charge in [0.1, 0.15) is 6.61 Å². The van der Waals surface area contributed by atoms with Crippen molar-refractivity contribution >= 4 is 11.9 Å². The monoisotopic (exact) mass is 791 g/mol. The van der Waals surface area contributed by atoms with E-state index in [-0.39, 0.29) is 18.5 Å². The van der Waals surface area contributed by atoms with E-state index in [1.165, 1.54) is 205 Å². The number of carbonyl (C=O) groups excluding carboxylic acids is 2. The number of hydrogen-bond acceptors (Lipinski definition) is 5. The van der Waals surface area contributed by atoms with Gasteiger partial charge in [0.25, 0.3) is 0 Å². The highest BCUT2D eigenvalue weighted by Gasteiger charge is 2.17. The second-order valence-electron chi connectivity index (χ2n) is 17.1. The minimum Gasteiger partial charge on any atom is -0.462 e. The Morgan fingerprint density at radius 1 is 0.375 bits per heavy atom. The summed E-state index contributed by atoms with van der Waals surface area (Å²) in [5, 5.41) is 0. The second-order valence-corrected chi connectivity index (χ2v) is 17.1. The van der Waals surface area contributed by atoms with Gasteiger partial charge in [0.05, 0.1) is 6.61 Å². The van der Waals surface area contributed by atoms with E-state index >= 15 is 0 Å². The highest BCUT2D eigenvalue weighted by atomic mass is 16.6. The van der Waals surface area contributed by atoms with Gasteiger partial charge in [0, 0.05) is 19.4 Å². The predicted molar refractivity (Wildman–Crippen MR) is 242 cm³/mol. The lowest BCUT2D eigenvalue weighted by Gasteiger charge is -2.18. The molecule has 0 heterocycles. The van der Waals surface area contributed by atoms with E-state index < -0.39 is 6.10 Å². The number of hydrogen-bond donors (Lipinski definition) is 0. The molecular formula is C51H98O5. The highest BCUT2D eigenvalue weighted by Crippen LogP contribution is 2.15. The quantitative estimate of drug-likeness (QED) is 0.0349. The van der Waals surface area contributed by atoms with Crippen LogP contribution in [0.1, 0.15) is 278 Å². The molecule has 0 saturated heterocycles. The molecule has 5 nitrogen and oxygen atoms in total. The molecule has 0 aliphatic rings. The third kappa shape index (κ3) is 45.3. The minimum atomic E-state index is -0.528. The minimum absolute atomic E-state index is 0.0900. The van der Waals surface area contributed by atoms with Gasteiger partial charge in [-0.05, 0) is 44.9 Å². The maximum atomic E-state index is 12.8. The topological polar surface area (TPSA) is 61.8 Å². The largest absolute Gasteiger partial charge is 0.462 e. The molecule has 0 aromatic rings. The van der Waals surface area contributed by atoms with Crippen LogP contribution in [0.25, 0.3) is 0 Å². The Labute approximate surface area is 350 Å². The molecule has 0 rings (SSSR count). The number of rotatable bonds is 47. The summed E-state index contributed by atoms with van der Waals surface area (Å²) in [7, 11) is 0. The Balaban J connectivity index is 4.21. The Morgan fingerprint density at radius 2 is 0.696 bits per heavy atom. The van der Waals surface area contributed by atoms with E-state index in [0.717, 1.165) is 38.5 Å². The van der Waals surface area contributed by atoms with E-state index in [1.807, 2.05) is 0 Å². The van der Waals surface area contributed by atoms with Crippen molar-refractivity contribution in [2.75, 3.05) is 19.8 Å². The fourth-order valence-electron chi connectivity index (χ4n) is 7.51. The molecule has 0 N–H and O–H groups in total. The first-order valence-electron chi connectivity index (χ1n) is 25.2. The van der Waals surface area contributed by atoms with E-state index in [0.29, 0.717) is 26.1 Å². The molecule has 56 heavy (non-hydrogen) atoms.